The Kier molecular flexibility index (Phi) is 6.56. The highest BCUT2D eigenvalue weighted by Gasteiger charge is 2.30. The van der Waals surface area contributed by atoms with E-state index in [-0.39, 0.29) is 27.5 Å². The maximum atomic E-state index is 12.7. The van der Waals surface area contributed by atoms with Gasteiger partial charge in [-0.3, -0.25) is 19.5 Å². The van der Waals surface area contributed by atoms with Crippen LogP contribution >= 0.6 is 27.5 Å². The van der Waals surface area contributed by atoms with E-state index in [1.165, 1.54) is 0 Å². The molecule has 0 radical (unpaired) electrons. The SMILES string of the molecule is CN1CCN(C)C(=O)C(NC(=O)c2[nH]nc(NC(=O)c3ccccc3Cl)c2Br)C1. The number of amides is 3. The van der Waals surface area contributed by atoms with Gasteiger partial charge in [-0.2, -0.15) is 5.10 Å². The number of hydrogen-bond acceptors (Lipinski definition) is 5. The second-order valence-electron chi connectivity index (χ2n) is 6.74. The summed E-state index contributed by atoms with van der Waals surface area (Å²) in [4.78, 5) is 41.1. The molecule has 2 aromatic rings. The number of hydrogen-bond donors (Lipinski definition) is 3. The second-order valence-corrected chi connectivity index (χ2v) is 7.94. The Labute approximate surface area is 180 Å². The second kappa shape index (κ2) is 8.93. The fourth-order valence-corrected chi connectivity index (χ4v) is 3.58. The summed E-state index contributed by atoms with van der Waals surface area (Å²) in [5.41, 5.74) is 0.381. The van der Waals surface area contributed by atoms with Gasteiger partial charge in [-0.25, -0.2) is 0 Å². The Bertz CT molecular complexity index is 949. The van der Waals surface area contributed by atoms with E-state index in [1.807, 2.05) is 11.9 Å². The van der Waals surface area contributed by atoms with Crippen molar-refractivity contribution in [3.05, 3.63) is 45.0 Å². The van der Waals surface area contributed by atoms with E-state index in [1.54, 1.807) is 36.2 Å². The zero-order chi connectivity index (χ0) is 21.1. The normalized spacial score (nSPS) is 17.7. The fourth-order valence-electron chi connectivity index (χ4n) is 2.90. The number of aromatic nitrogens is 2. The molecular formula is C18H20BrClN6O3. The number of halogens is 2. The van der Waals surface area contributed by atoms with Crippen LogP contribution < -0.4 is 10.6 Å². The number of nitrogens with one attached hydrogen (secondary N) is 3. The Morgan fingerprint density at radius 1 is 1.24 bits per heavy atom. The van der Waals surface area contributed by atoms with Gasteiger partial charge in [0.05, 0.1) is 15.1 Å². The molecule has 0 saturated carbocycles. The highest BCUT2D eigenvalue weighted by Crippen LogP contribution is 2.25. The van der Waals surface area contributed by atoms with Crippen molar-refractivity contribution in [2.45, 2.75) is 6.04 Å². The van der Waals surface area contributed by atoms with Gasteiger partial charge in [0.25, 0.3) is 11.8 Å². The maximum absolute atomic E-state index is 12.7. The van der Waals surface area contributed by atoms with Crippen molar-refractivity contribution in [1.82, 2.24) is 25.3 Å². The number of benzene rings is 1. The number of carbonyl (C=O) groups is 3. The van der Waals surface area contributed by atoms with Crippen molar-refractivity contribution in [1.29, 1.82) is 0 Å². The van der Waals surface area contributed by atoms with Crippen LogP contribution in [0.5, 0.6) is 0 Å². The smallest absolute Gasteiger partial charge is 0.271 e. The van der Waals surface area contributed by atoms with Crippen LogP contribution in [0.1, 0.15) is 20.8 Å². The third kappa shape index (κ3) is 4.77. The first-order valence-corrected chi connectivity index (χ1v) is 9.99. The van der Waals surface area contributed by atoms with Gasteiger partial charge in [-0.15, -0.1) is 0 Å². The van der Waals surface area contributed by atoms with Crippen LogP contribution in [0.3, 0.4) is 0 Å². The third-order valence-electron chi connectivity index (χ3n) is 4.58. The van der Waals surface area contributed by atoms with Crippen LogP contribution in [0, 0.1) is 0 Å². The average Bonchev–Trinajstić information content (AvgIpc) is 2.99. The molecule has 1 fully saturated rings. The molecule has 9 nitrogen and oxygen atoms in total. The molecule has 154 valence electrons. The van der Waals surface area contributed by atoms with E-state index in [2.05, 4.69) is 36.8 Å². The summed E-state index contributed by atoms with van der Waals surface area (Å²) in [5, 5.41) is 12.2. The third-order valence-corrected chi connectivity index (χ3v) is 5.68. The number of nitrogens with zero attached hydrogens (tertiary/aromatic N) is 3. The molecule has 1 aliphatic heterocycles. The van der Waals surface area contributed by atoms with Gasteiger partial charge in [-0.05, 0) is 35.1 Å². The predicted octanol–water partition coefficient (Wildman–Crippen LogP) is 1.58. The lowest BCUT2D eigenvalue weighted by atomic mass is 10.2. The quantitative estimate of drug-likeness (QED) is 0.612. The van der Waals surface area contributed by atoms with E-state index in [0.29, 0.717) is 18.1 Å². The standard InChI is InChI=1S/C18H20BrClN6O3/c1-25-7-8-26(2)18(29)12(9-25)21-17(28)14-13(19)15(24-23-14)22-16(27)10-5-3-4-6-11(10)20/h3-6,12H,7-9H2,1-2H3,(H,21,28)(H2,22,23,24,27). The summed E-state index contributed by atoms with van der Waals surface area (Å²) in [6.45, 7) is 1.71. The molecule has 3 amide bonds. The topological polar surface area (TPSA) is 110 Å². The zero-order valence-corrected chi connectivity index (χ0v) is 18.2. The maximum Gasteiger partial charge on any atom is 0.271 e. The molecule has 11 heteroatoms. The lowest BCUT2D eigenvalue weighted by molar-refractivity contribution is -0.131. The van der Waals surface area contributed by atoms with E-state index in [4.69, 9.17) is 11.6 Å². The summed E-state index contributed by atoms with van der Waals surface area (Å²) < 4.78 is 0.276. The minimum Gasteiger partial charge on any atom is -0.343 e. The van der Waals surface area contributed by atoms with Crippen LogP contribution in [0.4, 0.5) is 5.82 Å². The average molecular weight is 484 g/mol. The van der Waals surface area contributed by atoms with Crippen LogP contribution in [0.25, 0.3) is 0 Å². The van der Waals surface area contributed by atoms with E-state index < -0.39 is 17.9 Å². The highest BCUT2D eigenvalue weighted by molar-refractivity contribution is 9.10. The van der Waals surface area contributed by atoms with Crippen molar-refractivity contribution >= 4 is 51.1 Å². The van der Waals surface area contributed by atoms with Gasteiger partial charge in [0, 0.05) is 26.7 Å². The molecule has 1 saturated heterocycles. The first-order chi connectivity index (χ1) is 13.8. The lowest BCUT2D eigenvalue weighted by Gasteiger charge is -2.21. The number of H-pyrrole nitrogens is 1. The lowest BCUT2D eigenvalue weighted by Crippen LogP contribution is -2.49. The molecular weight excluding hydrogens is 464 g/mol. The molecule has 0 bridgehead atoms. The first-order valence-electron chi connectivity index (χ1n) is 8.82. The molecule has 1 atom stereocenters. The monoisotopic (exact) mass is 482 g/mol. The number of rotatable bonds is 4. The molecule has 29 heavy (non-hydrogen) atoms. The summed E-state index contributed by atoms with van der Waals surface area (Å²) >= 11 is 9.32. The molecule has 2 heterocycles. The van der Waals surface area contributed by atoms with Gasteiger partial charge in [0.15, 0.2) is 5.82 Å². The summed E-state index contributed by atoms with van der Waals surface area (Å²) in [7, 11) is 3.59. The van der Waals surface area contributed by atoms with Crippen molar-refractivity contribution in [3.8, 4) is 0 Å². The Balaban J connectivity index is 1.73. The minimum atomic E-state index is -0.684. The Hall–Kier alpha value is -2.43. The van der Waals surface area contributed by atoms with Crippen LogP contribution in [0.15, 0.2) is 28.7 Å². The molecule has 1 aliphatic rings. The highest BCUT2D eigenvalue weighted by atomic mass is 79.9. The summed E-state index contributed by atoms with van der Waals surface area (Å²) in [5.74, 6) is -0.992. The Morgan fingerprint density at radius 3 is 2.69 bits per heavy atom. The number of carbonyl (C=O) groups excluding carboxylic acids is 3. The summed E-state index contributed by atoms with van der Waals surface area (Å²) in [6.07, 6.45) is 0. The van der Waals surface area contributed by atoms with Crippen LogP contribution in [0.2, 0.25) is 5.02 Å². The van der Waals surface area contributed by atoms with E-state index >= 15 is 0 Å². The van der Waals surface area contributed by atoms with Gasteiger partial charge in [-0.1, -0.05) is 23.7 Å². The van der Waals surface area contributed by atoms with Crippen LogP contribution in [-0.4, -0.2) is 77.5 Å². The number of anilines is 1. The zero-order valence-electron chi connectivity index (χ0n) is 15.8. The predicted molar refractivity (Wildman–Crippen MR) is 112 cm³/mol. The van der Waals surface area contributed by atoms with Gasteiger partial charge in [0.1, 0.15) is 11.7 Å². The van der Waals surface area contributed by atoms with Crippen molar-refractivity contribution in [3.63, 3.8) is 0 Å². The van der Waals surface area contributed by atoms with Gasteiger partial charge < -0.3 is 20.4 Å². The fraction of sp³-hybridized carbons (Fsp3) is 0.333. The van der Waals surface area contributed by atoms with Crippen molar-refractivity contribution < 1.29 is 14.4 Å². The largest absolute Gasteiger partial charge is 0.343 e. The van der Waals surface area contributed by atoms with Crippen LogP contribution in [-0.2, 0) is 4.79 Å². The molecule has 0 aliphatic carbocycles. The molecule has 1 aromatic carbocycles. The molecule has 3 N–H and O–H groups in total. The summed E-state index contributed by atoms with van der Waals surface area (Å²) in [6, 6.07) is 5.91. The number of likely N-dealkylation sites (N-methyl/N-ethyl adjacent to an activating group) is 2. The molecule has 1 unspecified atom stereocenters. The van der Waals surface area contributed by atoms with Crippen molar-refractivity contribution in [2.75, 3.05) is 39.0 Å². The Morgan fingerprint density at radius 2 is 1.97 bits per heavy atom. The molecule has 1 aromatic heterocycles. The number of aromatic amines is 1. The van der Waals surface area contributed by atoms with Crippen molar-refractivity contribution in [2.24, 2.45) is 0 Å². The first kappa shape index (κ1) is 21.3. The minimum absolute atomic E-state index is 0.0989. The molecule has 3 rings (SSSR count). The van der Waals surface area contributed by atoms with E-state index in [9.17, 15) is 14.4 Å². The van der Waals surface area contributed by atoms with Gasteiger partial charge in [0.2, 0.25) is 5.91 Å². The van der Waals surface area contributed by atoms with Gasteiger partial charge >= 0.3 is 0 Å². The van der Waals surface area contributed by atoms with E-state index in [0.717, 1.165) is 6.54 Å². The molecule has 0 spiro atoms.